The zero-order valence-electron chi connectivity index (χ0n) is 11.9. The van der Waals surface area contributed by atoms with Gasteiger partial charge < -0.3 is 5.32 Å². The Morgan fingerprint density at radius 3 is 2.62 bits per heavy atom. The highest BCUT2D eigenvalue weighted by atomic mass is 16.6. The van der Waals surface area contributed by atoms with Gasteiger partial charge in [-0.25, -0.2) is 0 Å². The zero-order valence-corrected chi connectivity index (χ0v) is 11.9. The van der Waals surface area contributed by atoms with E-state index in [1.165, 1.54) is 23.8 Å². The van der Waals surface area contributed by atoms with Crippen molar-refractivity contribution in [2.45, 2.75) is 20.4 Å². The summed E-state index contributed by atoms with van der Waals surface area (Å²) in [5.41, 5.74) is 3.50. The topological polar surface area (TPSA) is 72.2 Å². The molecule has 0 saturated carbocycles. The molecule has 1 N–H and O–H groups in total. The average Bonchev–Trinajstić information content (AvgIpc) is 2.46. The van der Waals surface area contributed by atoms with Crippen molar-refractivity contribution >= 4 is 11.6 Å². The van der Waals surface area contributed by atoms with E-state index in [9.17, 15) is 14.9 Å². The van der Waals surface area contributed by atoms with Gasteiger partial charge in [-0.15, -0.1) is 0 Å². The second-order valence-corrected chi connectivity index (χ2v) is 4.92. The van der Waals surface area contributed by atoms with Crippen LogP contribution in [-0.4, -0.2) is 10.8 Å². The van der Waals surface area contributed by atoms with Crippen LogP contribution in [0.1, 0.15) is 27.0 Å². The van der Waals surface area contributed by atoms with Gasteiger partial charge in [-0.2, -0.15) is 0 Å². The number of carbonyl (C=O) groups is 1. The first-order valence-electron chi connectivity index (χ1n) is 6.56. The number of nitrogens with one attached hydrogen (secondary N) is 1. The second-order valence-electron chi connectivity index (χ2n) is 4.92. The third kappa shape index (κ3) is 3.66. The number of rotatable bonds is 4. The molecule has 0 fully saturated rings. The molecule has 0 aliphatic carbocycles. The van der Waals surface area contributed by atoms with E-state index in [4.69, 9.17) is 0 Å². The number of hydrogen-bond donors (Lipinski definition) is 1. The quantitative estimate of drug-likeness (QED) is 0.692. The monoisotopic (exact) mass is 284 g/mol. The van der Waals surface area contributed by atoms with E-state index in [2.05, 4.69) is 11.4 Å². The van der Waals surface area contributed by atoms with Gasteiger partial charge in [0.2, 0.25) is 0 Å². The van der Waals surface area contributed by atoms with Crippen molar-refractivity contribution in [2.24, 2.45) is 0 Å². The van der Waals surface area contributed by atoms with Crippen LogP contribution in [0.4, 0.5) is 5.69 Å². The highest BCUT2D eigenvalue weighted by Gasteiger charge is 2.11. The summed E-state index contributed by atoms with van der Waals surface area (Å²) in [6, 6.07) is 11.7. The molecule has 0 unspecified atom stereocenters. The summed E-state index contributed by atoms with van der Waals surface area (Å²) in [5.74, 6) is -0.321. The molecular weight excluding hydrogens is 268 g/mol. The number of hydrogen-bond acceptors (Lipinski definition) is 3. The van der Waals surface area contributed by atoms with E-state index >= 15 is 0 Å². The fourth-order valence-electron chi connectivity index (χ4n) is 2.08. The first-order chi connectivity index (χ1) is 9.97. The van der Waals surface area contributed by atoms with Gasteiger partial charge >= 0.3 is 0 Å². The summed E-state index contributed by atoms with van der Waals surface area (Å²) < 4.78 is 0. The molecule has 0 heterocycles. The van der Waals surface area contributed by atoms with Gasteiger partial charge in [-0.1, -0.05) is 29.8 Å². The minimum atomic E-state index is -0.513. The number of nitrogens with zero attached hydrogens (tertiary/aromatic N) is 1. The lowest BCUT2D eigenvalue weighted by atomic mass is 10.1. The van der Waals surface area contributed by atoms with Crippen LogP contribution >= 0.6 is 0 Å². The lowest BCUT2D eigenvalue weighted by Crippen LogP contribution is -2.23. The molecule has 5 heteroatoms. The minimum absolute atomic E-state index is 0.0887. The molecule has 0 saturated heterocycles. The number of nitro groups is 1. The lowest BCUT2D eigenvalue weighted by molar-refractivity contribution is -0.384. The molecule has 1 amide bonds. The smallest absolute Gasteiger partial charge is 0.270 e. The normalized spacial score (nSPS) is 10.2. The molecule has 2 aromatic carbocycles. The largest absolute Gasteiger partial charge is 0.348 e. The van der Waals surface area contributed by atoms with E-state index in [-0.39, 0.29) is 17.2 Å². The van der Waals surface area contributed by atoms with E-state index in [1.54, 1.807) is 6.07 Å². The standard InChI is InChI=1S/C16H16N2O3/c1-11-6-7-14(12(2)8-11)10-17-16(19)13-4-3-5-15(9-13)18(20)21/h3-9H,10H2,1-2H3,(H,17,19). The molecule has 0 aliphatic heterocycles. The Morgan fingerprint density at radius 1 is 1.19 bits per heavy atom. The van der Waals surface area contributed by atoms with Crippen LogP contribution in [0.3, 0.4) is 0 Å². The highest BCUT2D eigenvalue weighted by molar-refractivity contribution is 5.94. The Labute approximate surface area is 122 Å². The van der Waals surface area contributed by atoms with Gasteiger partial charge in [0.25, 0.3) is 11.6 Å². The minimum Gasteiger partial charge on any atom is -0.348 e. The van der Waals surface area contributed by atoms with E-state index in [0.717, 1.165) is 11.1 Å². The van der Waals surface area contributed by atoms with Gasteiger partial charge in [0, 0.05) is 24.2 Å². The molecule has 0 radical (unpaired) electrons. The van der Waals surface area contributed by atoms with Crippen molar-refractivity contribution in [3.63, 3.8) is 0 Å². The van der Waals surface area contributed by atoms with E-state index in [1.807, 2.05) is 26.0 Å². The van der Waals surface area contributed by atoms with Gasteiger partial charge in [-0.3, -0.25) is 14.9 Å². The van der Waals surface area contributed by atoms with Crippen LogP contribution in [0.5, 0.6) is 0 Å². The molecule has 108 valence electrons. The summed E-state index contributed by atoms with van der Waals surface area (Å²) in [6.45, 7) is 4.40. The number of nitro benzene ring substituents is 1. The van der Waals surface area contributed by atoms with Gasteiger partial charge in [0.1, 0.15) is 0 Å². The first-order valence-corrected chi connectivity index (χ1v) is 6.56. The predicted octanol–water partition coefficient (Wildman–Crippen LogP) is 3.14. The number of non-ortho nitro benzene ring substituents is 1. The molecule has 0 atom stereocenters. The van der Waals surface area contributed by atoms with Crippen LogP contribution in [0.2, 0.25) is 0 Å². The second kappa shape index (κ2) is 6.17. The van der Waals surface area contributed by atoms with Crippen molar-refractivity contribution < 1.29 is 9.72 Å². The third-order valence-electron chi connectivity index (χ3n) is 3.26. The fourth-order valence-corrected chi connectivity index (χ4v) is 2.08. The zero-order chi connectivity index (χ0) is 15.4. The molecule has 2 aromatic rings. The molecule has 2 rings (SSSR count). The predicted molar refractivity (Wildman–Crippen MR) is 80.2 cm³/mol. The highest BCUT2D eigenvalue weighted by Crippen LogP contribution is 2.14. The van der Waals surface area contributed by atoms with Crippen LogP contribution < -0.4 is 5.32 Å². The van der Waals surface area contributed by atoms with Crippen LogP contribution in [0.25, 0.3) is 0 Å². The van der Waals surface area contributed by atoms with E-state index < -0.39 is 4.92 Å². The molecule has 0 aliphatic rings. The summed E-state index contributed by atoms with van der Waals surface area (Å²) in [4.78, 5) is 22.2. The van der Waals surface area contributed by atoms with Crippen LogP contribution in [-0.2, 0) is 6.54 Å². The molecular formula is C16H16N2O3. The van der Waals surface area contributed by atoms with Gasteiger partial charge in [0.15, 0.2) is 0 Å². The fraction of sp³-hybridized carbons (Fsp3) is 0.188. The number of amides is 1. The molecule has 0 spiro atoms. The average molecular weight is 284 g/mol. The van der Waals surface area contributed by atoms with Gasteiger partial charge in [0.05, 0.1) is 4.92 Å². The van der Waals surface area contributed by atoms with Crippen LogP contribution in [0, 0.1) is 24.0 Å². The Morgan fingerprint density at radius 2 is 1.95 bits per heavy atom. The Balaban J connectivity index is 2.08. The third-order valence-corrected chi connectivity index (χ3v) is 3.26. The maximum absolute atomic E-state index is 12.0. The summed E-state index contributed by atoms with van der Waals surface area (Å²) in [5, 5.41) is 13.5. The van der Waals surface area contributed by atoms with Crippen molar-refractivity contribution in [1.29, 1.82) is 0 Å². The molecule has 21 heavy (non-hydrogen) atoms. The Hall–Kier alpha value is -2.69. The summed E-state index contributed by atoms with van der Waals surface area (Å²) in [7, 11) is 0. The molecule has 5 nitrogen and oxygen atoms in total. The number of benzene rings is 2. The van der Waals surface area contributed by atoms with Crippen molar-refractivity contribution in [1.82, 2.24) is 5.32 Å². The van der Waals surface area contributed by atoms with Crippen molar-refractivity contribution in [2.75, 3.05) is 0 Å². The van der Waals surface area contributed by atoms with Crippen molar-refractivity contribution in [3.8, 4) is 0 Å². The van der Waals surface area contributed by atoms with E-state index in [0.29, 0.717) is 6.54 Å². The molecule has 0 aromatic heterocycles. The molecule has 0 bridgehead atoms. The van der Waals surface area contributed by atoms with Crippen LogP contribution in [0.15, 0.2) is 42.5 Å². The van der Waals surface area contributed by atoms with Crippen molar-refractivity contribution in [3.05, 3.63) is 74.8 Å². The first kappa shape index (κ1) is 14.7. The summed E-state index contributed by atoms with van der Waals surface area (Å²) >= 11 is 0. The lowest BCUT2D eigenvalue weighted by Gasteiger charge is -2.09. The Bertz CT molecular complexity index is 696. The number of aryl methyl sites for hydroxylation is 2. The SMILES string of the molecule is Cc1ccc(CNC(=O)c2cccc([N+](=O)[O-])c2)c(C)c1. The number of carbonyl (C=O) groups excluding carboxylic acids is 1. The maximum atomic E-state index is 12.0. The maximum Gasteiger partial charge on any atom is 0.270 e. The summed E-state index contributed by atoms with van der Waals surface area (Å²) in [6.07, 6.45) is 0. The van der Waals surface area contributed by atoms with Gasteiger partial charge in [-0.05, 0) is 31.0 Å². The Kier molecular flexibility index (Phi) is 4.33.